The van der Waals surface area contributed by atoms with Crippen LogP contribution in [0.15, 0.2) is 18.2 Å². The van der Waals surface area contributed by atoms with E-state index >= 15 is 0 Å². The van der Waals surface area contributed by atoms with Gasteiger partial charge in [-0.05, 0) is 12.1 Å². The zero-order valence-corrected chi connectivity index (χ0v) is 9.05. The predicted molar refractivity (Wildman–Crippen MR) is 55.0 cm³/mol. The molecule has 0 amide bonds. The van der Waals surface area contributed by atoms with Crippen molar-refractivity contribution in [2.45, 2.75) is 9.90 Å². The molecule has 14 heavy (non-hydrogen) atoms. The van der Waals surface area contributed by atoms with Crippen LogP contribution >= 0.6 is 34.8 Å². The second kappa shape index (κ2) is 4.03. The number of alkyl halides is 3. The van der Waals surface area contributed by atoms with E-state index in [1.165, 1.54) is 12.1 Å². The van der Waals surface area contributed by atoms with Crippen molar-refractivity contribution in [3.8, 4) is 11.5 Å². The van der Waals surface area contributed by atoms with Crippen molar-refractivity contribution in [2.75, 3.05) is 0 Å². The van der Waals surface area contributed by atoms with Gasteiger partial charge < -0.3 is 15.3 Å². The van der Waals surface area contributed by atoms with Crippen LogP contribution in [0.3, 0.4) is 0 Å². The minimum absolute atomic E-state index is 0.0443. The van der Waals surface area contributed by atoms with Gasteiger partial charge >= 0.3 is 0 Å². The Morgan fingerprint density at radius 3 is 2.14 bits per heavy atom. The van der Waals surface area contributed by atoms with Gasteiger partial charge in [0.25, 0.3) is 0 Å². The molecule has 1 aromatic rings. The highest BCUT2D eigenvalue weighted by atomic mass is 35.6. The van der Waals surface area contributed by atoms with Crippen molar-refractivity contribution in [1.82, 2.24) is 0 Å². The number of phenols is 2. The third-order valence-corrected chi connectivity index (χ3v) is 2.24. The number of aromatic hydroxyl groups is 2. The van der Waals surface area contributed by atoms with E-state index in [1.54, 1.807) is 0 Å². The predicted octanol–water partition coefficient (Wildman–Crippen LogP) is 2.50. The Kier molecular flexibility index (Phi) is 3.37. The Morgan fingerprint density at radius 1 is 1.14 bits per heavy atom. The molecule has 1 rings (SSSR count). The maximum Gasteiger partial charge on any atom is 0.220 e. The molecule has 6 heteroatoms. The highest BCUT2D eigenvalue weighted by Crippen LogP contribution is 2.42. The lowest BCUT2D eigenvalue weighted by atomic mass is 10.1. The van der Waals surface area contributed by atoms with Crippen molar-refractivity contribution < 1.29 is 15.3 Å². The summed E-state index contributed by atoms with van der Waals surface area (Å²) in [7, 11) is 0. The van der Waals surface area contributed by atoms with Gasteiger partial charge in [-0.25, -0.2) is 0 Å². The van der Waals surface area contributed by atoms with Gasteiger partial charge in [-0.1, -0.05) is 34.8 Å². The Morgan fingerprint density at radius 2 is 1.71 bits per heavy atom. The number of aliphatic hydroxyl groups excluding tert-OH is 1. The number of phenolic OH excluding ortho intramolecular Hbond substituents is 2. The second-order valence-corrected chi connectivity index (χ2v) is 5.06. The maximum absolute atomic E-state index is 9.49. The summed E-state index contributed by atoms with van der Waals surface area (Å²) in [6, 6.07) is 3.60. The third-order valence-electron chi connectivity index (χ3n) is 1.62. The van der Waals surface area contributed by atoms with Gasteiger partial charge in [0.05, 0.1) is 0 Å². The Bertz CT molecular complexity index is 335. The SMILES string of the molecule is Oc1ccc(C(O)C(Cl)(Cl)Cl)c(O)c1. The number of benzene rings is 1. The molecular weight excluding hydrogens is 250 g/mol. The van der Waals surface area contributed by atoms with Crippen LogP contribution < -0.4 is 0 Å². The normalized spacial score (nSPS) is 14.0. The standard InChI is InChI=1S/C8H7Cl3O3/c9-8(10,11)7(14)5-2-1-4(12)3-6(5)13/h1-3,7,12-14H. The lowest BCUT2D eigenvalue weighted by Gasteiger charge is -2.19. The van der Waals surface area contributed by atoms with Crippen molar-refractivity contribution in [3.63, 3.8) is 0 Å². The molecule has 0 bridgehead atoms. The topological polar surface area (TPSA) is 60.7 Å². The first kappa shape index (κ1) is 11.7. The zero-order valence-electron chi connectivity index (χ0n) is 6.78. The number of rotatable bonds is 1. The van der Waals surface area contributed by atoms with Gasteiger partial charge in [-0.2, -0.15) is 0 Å². The molecule has 0 aromatic heterocycles. The molecule has 0 saturated carbocycles. The van der Waals surface area contributed by atoms with Crippen LogP contribution in [0.25, 0.3) is 0 Å². The summed E-state index contributed by atoms with van der Waals surface area (Å²) >= 11 is 16.3. The first-order valence-corrected chi connectivity index (χ1v) is 4.72. The van der Waals surface area contributed by atoms with Gasteiger partial charge in [0.1, 0.15) is 17.6 Å². The van der Waals surface area contributed by atoms with Crippen molar-refractivity contribution in [2.24, 2.45) is 0 Å². The third kappa shape index (κ3) is 2.58. The van der Waals surface area contributed by atoms with Crippen LogP contribution in [-0.4, -0.2) is 19.1 Å². The summed E-state index contributed by atoms with van der Waals surface area (Å²) in [4.78, 5) is 0. The number of halogens is 3. The van der Waals surface area contributed by atoms with Gasteiger partial charge in [-0.15, -0.1) is 0 Å². The summed E-state index contributed by atoms with van der Waals surface area (Å²) in [6.45, 7) is 0. The average molecular weight is 258 g/mol. The monoisotopic (exact) mass is 256 g/mol. The quantitative estimate of drug-likeness (QED) is 0.678. The molecule has 1 atom stereocenters. The molecule has 0 fully saturated rings. The maximum atomic E-state index is 9.49. The smallest absolute Gasteiger partial charge is 0.220 e. The molecule has 0 aliphatic carbocycles. The van der Waals surface area contributed by atoms with Crippen LogP contribution in [0.2, 0.25) is 0 Å². The summed E-state index contributed by atoms with van der Waals surface area (Å²) in [6.07, 6.45) is -1.45. The summed E-state index contributed by atoms with van der Waals surface area (Å²) < 4.78 is -1.92. The molecule has 78 valence electrons. The lowest BCUT2D eigenvalue weighted by Crippen LogP contribution is -2.16. The Balaban J connectivity index is 3.08. The van der Waals surface area contributed by atoms with E-state index in [2.05, 4.69) is 0 Å². The summed E-state index contributed by atoms with van der Waals surface area (Å²) in [5.41, 5.74) is 0.0443. The largest absolute Gasteiger partial charge is 0.508 e. The Hall–Kier alpha value is -0.350. The first-order valence-electron chi connectivity index (χ1n) is 3.59. The lowest BCUT2D eigenvalue weighted by molar-refractivity contribution is 0.178. The van der Waals surface area contributed by atoms with E-state index in [0.717, 1.165) is 6.07 Å². The van der Waals surface area contributed by atoms with Crippen LogP contribution in [0.5, 0.6) is 11.5 Å². The van der Waals surface area contributed by atoms with Gasteiger partial charge in [-0.3, -0.25) is 0 Å². The van der Waals surface area contributed by atoms with Crippen LogP contribution in [0.1, 0.15) is 11.7 Å². The van der Waals surface area contributed by atoms with Crippen molar-refractivity contribution in [1.29, 1.82) is 0 Å². The Labute approximate surface area is 95.5 Å². The first-order chi connectivity index (χ1) is 6.32. The van der Waals surface area contributed by atoms with E-state index in [4.69, 9.17) is 39.9 Å². The number of aliphatic hydroxyl groups is 1. The van der Waals surface area contributed by atoms with E-state index in [-0.39, 0.29) is 17.1 Å². The van der Waals surface area contributed by atoms with Gasteiger partial charge in [0, 0.05) is 11.6 Å². The zero-order chi connectivity index (χ0) is 10.9. The molecule has 3 nitrogen and oxygen atoms in total. The fourth-order valence-corrected chi connectivity index (χ4v) is 1.29. The van der Waals surface area contributed by atoms with E-state index in [9.17, 15) is 10.2 Å². The highest BCUT2D eigenvalue weighted by molar-refractivity contribution is 6.68. The molecule has 1 unspecified atom stereocenters. The van der Waals surface area contributed by atoms with Crippen molar-refractivity contribution in [3.05, 3.63) is 23.8 Å². The van der Waals surface area contributed by atoms with Crippen molar-refractivity contribution >= 4 is 34.8 Å². The molecule has 0 spiro atoms. The summed E-state index contributed by atoms with van der Waals surface area (Å²) in [5.74, 6) is -0.466. The van der Waals surface area contributed by atoms with Crippen LogP contribution in [-0.2, 0) is 0 Å². The summed E-state index contributed by atoms with van der Waals surface area (Å²) in [5, 5.41) is 27.8. The van der Waals surface area contributed by atoms with E-state index in [1.807, 2.05) is 0 Å². The molecule has 3 N–H and O–H groups in total. The fraction of sp³-hybridized carbons (Fsp3) is 0.250. The molecule has 0 aliphatic rings. The fourth-order valence-electron chi connectivity index (χ4n) is 0.940. The van der Waals surface area contributed by atoms with E-state index in [0.29, 0.717) is 0 Å². The van der Waals surface area contributed by atoms with Crippen LogP contribution in [0, 0.1) is 0 Å². The van der Waals surface area contributed by atoms with Crippen LogP contribution in [0.4, 0.5) is 0 Å². The molecule has 0 aliphatic heterocycles. The molecule has 0 radical (unpaired) electrons. The highest BCUT2D eigenvalue weighted by Gasteiger charge is 2.33. The molecule has 1 aromatic carbocycles. The molecule has 0 heterocycles. The second-order valence-electron chi connectivity index (χ2n) is 2.69. The minimum atomic E-state index is -1.92. The number of hydrogen-bond donors (Lipinski definition) is 3. The minimum Gasteiger partial charge on any atom is -0.508 e. The number of hydrogen-bond acceptors (Lipinski definition) is 3. The van der Waals surface area contributed by atoms with E-state index < -0.39 is 9.90 Å². The molecular formula is C8H7Cl3O3. The average Bonchev–Trinajstić information content (AvgIpc) is 2.01. The molecule has 0 saturated heterocycles. The van der Waals surface area contributed by atoms with Gasteiger partial charge in [0.2, 0.25) is 3.79 Å². The van der Waals surface area contributed by atoms with Gasteiger partial charge in [0.15, 0.2) is 0 Å².